The summed E-state index contributed by atoms with van der Waals surface area (Å²) in [4.78, 5) is 10.3. The van der Waals surface area contributed by atoms with Crippen LogP contribution in [0, 0.1) is 13.8 Å². The highest BCUT2D eigenvalue weighted by atomic mass is 32.1. The van der Waals surface area contributed by atoms with E-state index >= 15 is 0 Å². The van der Waals surface area contributed by atoms with E-state index in [9.17, 15) is 0 Å². The van der Waals surface area contributed by atoms with E-state index in [-0.39, 0.29) is 0 Å². The normalized spacial score (nSPS) is 11.1. The fraction of sp³-hybridized carbons (Fsp3) is 0.286. The van der Waals surface area contributed by atoms with E-state index in [1.54, 1.807) is 17.6 Å². The number of hydrogen-bond acceptors (Lipinski definition) is 6. The molecule has 4 rings (SSSR count). The van der Waals surface area contributed by atoms with Gasteiger partial charge < -0.3 is 9.73 Å². The van der Waals surface area contributed by atoms with Crippen LogP contribution in [0.1, 0.15) is 29.3 Å². The number of pyridine rings is 1. The van der Waals surface area contributed by atoms with Gasteiger partial charge in [-0.05, 0) is 57.0 Å². The molecule has 0 bridgehead atoms. The van der Waals surface area contributed by atoms with Crippen molar-refractivity contribution in [2.75, 3.05) is 5.32 Å². The first-order valence-electron chi connectivity index (χ1n) is 9.37. The summed E-state index contributed by atoms with van der Waals surface area (Å²) in [5.41, 5.74) is 4.16. The second kappa shape index (κ2) is 8.39. The molecule has 4 aromatic heterocycles. The number of nitrogens with one attached hydrogen (secondary N) is 1. The standard InChI is InChI=1S/C21H23N5OS/c1-15-6-3-7-17(23-15)8-4-11-26-12-10-19(25-26)20-16(2)24-21(28-20)22-14-18-9-5-13-27-18/h3,5-7,9-10,12-13H,4,8,11,14H2,1-2H3,(H,22,24). The molecule has 0 fully saturated rings. The van der Waals surface area contributed by atoms with E-state index in [1.165, 1.54) is 0 Å². The summed E-state index contributed by atoms with van der Waals surface area (Å²) >= 11 is 1.62. The Morgan fingerprint density at radius 2 is 2.04 bits per heavy atom. The van der Waals surface area contributed by atoms with Crippen LogP contribution in [0.15, 0.2) is 53.3 Å². The van der Waals surface area contributed by atoms with Crippen LogP contribution in [0.3, 0.4) is 0 Å². The van der Waals surface area contributed by atoms with Gasteiger partial charge in [0.1, 0.15) is 11.5 Å². The lowest BCUT2D eigenvalue weighted by molar-refractivity contribution is 0.518. The highest BCUT2D eigenvalue weighted by Crippen LogP contribution is 2.31. The SMILES string of the molecule is Cc1cccc(CCCn2ccc(-c3sc(NCc4ccco4)nc3C)n2)n1. The average molecular weight is 394 g/mol. The highest BCUT2D eigenvalue weighted by Gasteiger charge is 2.12. The van der Waals surface area contributed by atoms with Crippen LogP contribution in [-0.2, 0) is 19.5 Å². The van der Waals surface area contributed by atoms with Crippen LogP contribution in [0.4, 0.5) is 5.13 Å². The van der Waals surface area contributed by atoms with Gasteiger partial charge in [-0.25, -0.2) is 4.98 Å². The van der Waals surface area contributed by atoms with Gasteiger partial charge in [0.15, 0.2) is 5.13 Å². The van der Waals surface area contributed by atoms with E-state index < -0.39 is 0 Å². The molecule has 0 saturated heterocycles. The largest absolute Gasteiger partial charge is 0.467 e. The predicted molar refractivity (Wildman–Crippen MR) is 111 cm³/mol. The molecular formula is C21H23N5OS. The Hall–Kier alpha value is -2.93. The van der Waals surface area contributed by atoms with E-state index in [0.717, 1.165) is 57.9 Å². The van der Waals surface area contributed by atoms with Gasteiger partial charge in [-0.3, -0.25) is 9.67 Å². The van der Waals surface area contributed by atoms with E-state index in [0.29, 0.717) is 6.54 Å². The van der Waals surface area contributed by atoms with Crippen molar-refractivity contribution in [3.05, 3.63) is 71.7 Å². The molecule has 4 heterocycles. The first-order valence-corrected chi connectivity index (χ1v) is 10.2. The number of aryl methyl sites for hydroxylation is 4. The number of furan rings is 1. The lowest BCUT2D eigenvalue weighted by Crippen LogP contribution is -2.01. The second-order valence-electron chi connectivity index (χ2n) is 6.70. The van der Waals surface area contributed by atoms with Gasteiger partial charge >= 0.3 is 0 Å². The molecule has 0 saturated carbocycles. The summed E-state index contributed by atoms with van der Waals surface area (Å²) < 4.78 is 7.35. The maximum atomic E-state index is 5.35. The average Bonchev–Trinajstić information content (AvgIpc) is 3.41. The third kappa shape index (κ3) is 4.48. The molecule has 0 aliphatic heterocycles. The van der Waals surface area contributed by atoms with Crippen LogP contribution >= 0.6 is 11.3 Å². The van der Waals surface area contributed by atoms with E-state index in [1.807, 2.05) is 42.9 Å². The summed E-state index contributed by atoms with van der Waals surface area (Å²) in [6, 6.07) is 12.1. The summed E-state index contributed by atoms with van der Waals surface area (Å²) in [6.07, 6.45) is 5.68. The summed E-state index contributed by atoms with van der Waals surface area (Å²) in [5, 5.41) is 8.93. The van der Waals surface area contributed by atoms with E-state index in [4.69, 9.17) is 9.52 Å². The summed E-state index contributed by atoms with van der Waals surface area (Å²) in [6.45, 7) is 5.54. The third-order valence-corrected chi connectivity index (χ3v) is 5.57. The highest BCUT2D eigenvalue weighted by molar-refractivity contribution is 7.19. The Balaban J connectivity index is 1.35. The Morgan fingerprint density at radius 3 is 2.86 bits per heavy atom. The molecule has 7 heteroatoms. The molecule has 0 atom stereocenters. The lowest BCUT2D eigenvalue weighted by atomic mass is 10.2. The number of aromatic nitrogens is 4. The molecule has 0 aliphatic carbocycles. The van der Waals surface area contributed by atoms with Crippen LogP contribution in [0.25, 0.3) is 10.6 Å². The van der Waals surface area contributed by atoms with Gasteiger partial charge in [-0.2, -0.15) is 5.10 Å². The minimum absolute atomic E-state index is 0.626. The van der Waals surface area contributed by atoms with Crippen molar-refractivity contribution < 1.29 is 4.42 Å². The van der Waals surface area contributed by atoms with Crippen LogP contribution < -0.4 is 5.32 Å². The van der Waals surface area contributed by atoms with Crippen molar-refractivity contribution in [1.29, 1.82) is 0 Å². The van der Waals surface area contributed by atoms with Crippen molar-refractivity contribution >= 4 is 16.5 Å². The predicted octanol–water partition coefficient (Wildman–Crippen LogP) is 4.86. The van der Waals surface area contributed by atoms with Gasteiger partial charge in [0.05, 0.1) is 23.4 Å². The van der Waals surface area contributed by atoms with Crippen molar-refractivity contribution in [1.82, 2.24) is 19.7 Å². The van der Waals surface area contributed by atoms with Crippen LogP contribution in [-0.4, -0.2) is 19.7 Å². The summed E-state index contributed by atoms with van der Waals surface area (Å²) in [7, 11) is 0. The van der Waals surface area contributed by atoms with Crippen molar-refractivity contribution in [2.24, 2.45) is 0 Å². The fourth-order valence-corrected chi connectivity index (χ4v) is 3.98. The molecule has 0 aromatic carbocycles. The zero-order chi connectivity index (χ0) is 19.3. The number of hydrogen-bond donors (Lipinski definition) is 1. The summed E-state index contributed by atoms with van der Waals surface area (Å²) in [5.74, 6) is 0.891. The van der Waals surface area contributed by atoms with Gasteiger partial charge in [0.25, 0.3) is 0 Å². The third-order valence-electron chi connectivity index (χ3n) is 4.43. The van der Waals surface area contributed by atoms with E-state index in [2.05, 4.69) is 33.5 Å². The molecule has 0 radical (unpaired) electrons. The molecule has 0 amide bonds. The Kier molecular flexibility index (Phi) is 5.53. The van der Waals surface area contributed by atoms with Crippen LogP contribution in [0.2, 0.25) is 0 Å². The lowest BCUT2D eigenvalue weighted by Gasteiger charge is -2.03. The first-order chi connectivity index (χ1) is 13.7. The molecule has 6 nitrogen and oxygen atoms in total. The molecular weight excluding hydrogens is 370 g/mol. The van der Waals surface area contributed by atoms with Crippen molar-refractivity contribution in [2.45, 2.75) is 39.8 Å². The fourth-order valence-electron chi connectivity index (χ4n) is 3.05. The van der Waals surface area contributed by atoms with Crippen molar-refractivity contribution in [3.8, 4) is 10.6 Å². The molecule has 0 unspecified atom stereocenters. The monoisotopic (exact) mass is 393 g/mol. The van der Waals surface area contributed by atoms with Crippen LogP contribution in [0.5, 0.6) is 0 Å². The van der Waals surface area contributed by atoms with Gasteiger partial charge in [-0.15, -0.1) is 0 Å². The second-order valence-corrected chi connectivity index (χ2v) is 7.70. The first kappa shape index (κ1) is 18.4. The molecule has 0 spiro atoms. The number of thiazole rings is 1. The topological polar surface area (TPSA) is 68.8 Å². The van der Waals surface area contributed by atoms with Crippen molar-refractivity contribution in [3.63, 3.8) is 0 Å². The maximum Gasteiger partial charge on any atom is 0.183 e. The molecule has 4 aromatic rings. The number of anilines is 1. The minimum atomic E-state index is 0.626. The Bertz CT molecular complexity index is 1030. The smallest absolute Gasteiger partial charge is 0.183 e. The number of rotatable bonds is 8. The maximum absolute atomic E-state index is 5.35. The van der Waals surface area contributed by atoms with Gasteiger partial charge in [-0.1, -0.05) is 17.4 Å². The number of nitrogens with zero attached hydrogens (tertiary/aromatic N) is 4. The molecule has 1 N–H and O–H groups in total. The Morgan fingerprint density at radius 1 is 1.11 bits per heavy atom. The zero-order valence-electron chi connectivity index (χ0n) is 16.1. The molecule has 28 heavy (non-hydrogen) atoms. The Labute approximate surface area is 168 Å². The zero-order valence-corrected chi connectivity index (χ0v) is 16.9. The molecule has 0 aliphatic rings. The van der Waals surface area contributed by atoms with Gasteiger partial charge in [0, 0.05) is 24.1 Å². The quantitative estimate of drug-likeness (QED) is 0.463. The molecule has 144 valence electrons. The van der Waals surface area contributed by atoms with Gasteiger partial charge in [0.2, 0.25) is 0 Å². The minimum Gasteiger partial charge on any atom is -0.467 e.